The Balaban J connectivity index is 4.62. The van der Waals surface area contributed by atoms with E-state index >= 15 is 0 Å². The van der Waals surface area contributed by atoms with Crippen LogP contribution in [-0.2, 0) is 0 Å². The Labute approximate surface area is 70.3 Å². The molecule has 0 rings (SSSR count). The van der Waals surface area contributed by atoms with Crippen molar-refractivity contribution < 1.29 is 0 Å². The molecule has 0 bridgehead atoms. The lowest BCUT2D eigenvalue weighted by Gasteiger charge is -2.23. The van der Waals surface area contributed by atoms with Crippen LogP contribution in [0.4, 0.5) is 0 Å². The number of hydrogen-bond acceptors (Lipinski definition) is 0. The predicted octanol–water partition coefficient (Wildman–Crippen LogP) is 3.72. The van der Waals surface area contributed by atoms with Crippen LogP contribution in [0.25, 0.3) is 0 Å². The van der Waals surface area contributed by atoms with E-state index in [1.807, 2.05) is 18.2 Å². The van der Waals surface area contributed by atoms with Crippen LogP contribution >= 0.6 is 0 Å². The molecule has 0 saturated carbocycles. The largest absolute Gasteiger partial charge is 0.0991 e. The first kappa shape index (κ1) is 10.2. The van der Waals surface area contributed by atoms with Crippen molar-refractivity contribution in [2.75, 3.05) is 0 Å². The third-order valence-corrected chi connectivity index (χ3v) is 2.18. The van der Waals surface area contributed by atoms with Crippen LogP contribution in [0.1, 0.15) is 27.2 Å². The van der Waals surface area contributed by atoms with Gasteiger partial charge in [-0.1, -0.05) is 52.2 Å². The number of hydrogen-bond donors (Lipinski definition) is 0. The maximum absolute atomic E-state index is 3.78. The normalized spacial score (nSPS) is 12.8. The fourth-order valence-electron chi connectivity index (χ4n) is 0.901. The van der Waals surface area contributed by atoms with Crippen molar-refractivity contribution in [3.63, 3.8) is 0 Å². The SMILES string of the molecule is C=C/C=C(\C=C)C(C)(C)CC. The third kappa shape index (κ3) is 2.75. The van der Waals surface area contributed by atoms with Gasteiger partial charge in [0.1, 0.15) is 0 Å². The maximum Gasteiger partial charge on any atom is -0.0106 e. The highest BCUT2D eigenvalue weighted by Gasteiger charge is 2.17. The van der Waals surface area contributed by atoms with Gasteiger partial charge in [-0.2, -0.15) is 0 Å². The van der Waals surface area contributed by atoms with Gasteiger partial charge in [-0.3, -0.25) is 0 Å². The summed E-state index contributed by atoms with van der Waals surface area (Å²) in [4.78, 5) is 0. The highest BCUT2D eigenvalue weighted by atomic mass is 14.2. The monoisotopic (exact) mass is 150 g/mol. The van der Waals surface area contributed by atoms with E-state index in [2.05, 4.69) is 33.9 Å². The standard InChI is InChI=1S/C11H18/c1-6-9-10(7-2)11(4,5)8-3/h6-7,9H,1-2,8H2,3-5H3/b10-9+. The fraction of sp³-hybridized carbons (Fsp3) is 0.455. The summed E-state index contributed by atoms with van der Waals surface area (Å²) in [6.45, 7) is 14.1. The Bertz CT molecular complexity index is 170. The van der Waals surface area contributed by atoms with Crippen LogP contribution in [0, 0.1) is 5.41 Å². The average Bonchev–Trinajstić information content (AvgIpc) is 2.00. The van der Waals surface area contributed by atoms with Crippen LogP contribution in [0.5, 0.6) is 0 Å². The summed E-state index contributed by atoms with van der Waals surface area (Å²) in [5, 5.41) is 0. The molecular formula is C11H18. The minimum Gasteiger partial charge on any atom is -0.0991 e. The molecule has 0 nitrogen and oxygen atoms in total. The Morgan fingerprint density at radius 2 is 1.91 bits per heavy atom. The molecule has 0 saturated heterocycles. The van der Waals surface area contributed by atoms with Crippen LogP contribution in [0.15, 0.2) is 37.0 Å². The Morgan fingerprint density at radius 1 is 1.36 bits per heavy atom. The Morgan fingerprint density at radius 3 is 2.18 bits per heavy atom. The highest BCUT2D eigenvalue weighted by molar-refractivity contribution is 5.27. The van der Waals surface area contributed by atoms with E-state index in [0.717, 1.165) is 6.42 Å². The first-order valence-electron chi connectivity index (χ1n) is 4.04. The molecule has 11 heavy (non-hydrogen) atoms. The van der Waals surface area contributed by atoms with Crippen molar-refractivity contribution in [2.45, 2.75) is 27.2 Å². The summed E-state index contributed by atoms with van der Waals surface area (Å²) in [6.07, 6.45) is 6.87. The van der Waals surface area contributed by atoms with Gasteiger partial charge in [0.05, 0.1) is 0 Å². The summed E-state index contributed by atoms with van der Waals surface area (Å²) in [5.74, 6) is 0. The molecule has 0 aromatic rings. The Hall–Kier alpha value is -0.780. The van der Waals surface area contributed by atoms with Crippen molar-refractivity contribution in [1.29, 1.82) is 0 Å². The van der Waals surface area contributed by atoms with E-state index < -0.39 is 0 Å². The van der Waals surface area contributed by atoms with Crippen molar-refractivity contribution in [3.05, 3.63) is 37.0 Å². The van der Waals surface area contributed by atoms with E-state index in [0.29, 0.717) is 0 Å². The summed E-state index contributed by atoms with van der Waals surface area (Å²) in [5.41, 5.74) is 1.49. The lowest BCUT2D eigenvalue weighted by molar-refractivity contribution is 0.440. The van der Waals surface area contributed by atoms with Gasteiger partial charge in [0.25, 0.3) is 0 Å². The van der Waals surface area contributed by atoms with Gasteiger partial charge >= 0.3 is 0 Å². The van der Waals surface area contributed by atoms with Gasteiger partial charge in [0.2, 0.25) is 0 Å². The number of allylic oxidation sites excluding steroid dienone is 4. The second kappa shape index (κ2) is 4.17. The average molecular weight is 150 g/mol. The Kier molecular flexibility index (Phi) is 3.88. The van der Waals surface area contributed by atoms with Crippen LogP contribution < -0.4 is 0 Å². The topological polar surface area (TPSA) is 0 Å². The smallest absolute Gasteiger partial charge is 0.0106 e. The lowest BCUT2D eigenvalue weighted by atomic mass is 9.81. The molecule has 0 unspecified atom stereocenters. The second-order valence-corrected chi connectivity index (χ2v) is 3.30. The molecule has 0 fully saturated rings. The van der Waals surface area contributed by atoms with Crippen molar-refractivity contribution in [1.82, 2.24) is 0 Å². The maximum atomic E-state index is 3.78. The molecule has 0 amide bonds. The molecule has 0 atom stereocenters. The predicted molar refractivity (Wildman–Crippen MR) is 52.5 cm³/mol. The van der Waals surface area contributed by atoms with Gasteiger partial charge in [-0.05, 0) is 17.4 Å². The molecule has 0 aliphatic heterocycles. The zero-order valence-electron chi connectivity index (χ0n) is 7.85. The fourth-order valence-corrected chi connectivity index (χ4v) is 0.901. The molecule has 0 aliphatic carbocycles. The lowest BCUT2D eigenvalue weighted by Crippen LogP contribution is -2.11. The first-order chi connectivity index (χ1) is 5.08. The van der Waals surface area contributed by atoms with E-state index in [9.17, 15) is 0 Å². The van der Waals surface area contributed by atoms with E-state index in [4.69, 9.17) is 0 Å². The zero-order valence-corrected chi connectivity index (χ0v) is 7.85. The van der Waals surface area contributed by atoms with Crippen molar-refractivity contribution >= 4 is 0 Å². The third-order valence-electron chi connectivity index (χ3n) is 2.18. The van der Waals surface area contributed by atoms with Crippen molar-refractivity contribution in [3.8, 4) is 0 Å². The highest BCUT2D eigenvalue weighted by Crippen LogP contribution is 2.30. The quantitative estimate of drug-likeness (QED) is 0.536. The van der Waals surface area contributed by atoms with Gasteiger partial charge in [-0.15, -0.1) is 0 Å². The molecule has 0 N–H and O–H groups in total. The van der Waals surface area contributed by atoms with E-state index in [-0.39, 0.29) is 5.41 Å². The molecule has 0 heteroatoms. The van der Waals surface area contributed by atoms with Gasteiger partial charge in [-0.25, -0.2) is 0 Å². The molecule has 0 aromatic carbocycles. The summed E-state index contributed by atoms with van der Waals surface area (Å²) < 4.78 is 0. The van der Waals surface area contributed by atoms with Crippen molar-refractivity contribution in [2.24, 2.45) is 5.41 Å². The van der Waals surface area contributed by atoms with Gasteiger partial charge in [0, 0.05) is 0 Å². The molecule has 0 aromatic heterocycles. The van der Waals surface area contributed by atoms with Gasteiger partial charge < -0.3 is 0 Å². The minimum absolute atomic E-state index is 0.232. The number of rotatable bonds is 4. The minimum atomic E-state index is 0.232. The van der Waals surface area contributed by atoms with Gasteiger partial charge in [0.15, 0.2) is 0 Å². The molecule has 0 radical (unpaired) electrons. The summed E-state index contributed by atoms with van der Waals surface area (Å²) in [7, 11) is 0. The van der Waals surface area contributed by atoms with Crippen LogP contribution in [0.3, 0.4) is 0 Å². The molecule has 0 heterocycles. The second-order valence-electron chi connectivity index (χ2n) is 3.30. The molecule has 0 spiro atoms. The summed E-state index contributed by atoms with van der Waals surface area (Å²) in [6, 6.07) is 0. The van der Waals surface area contributed by atoms with Crippen LogP contribution in [0.2, 0.25) is 0 Å². The molecule has 62 valence electrons. The molecular weight excluding hydrogens is 132 g/mol. The zero-order chi connectivity index (χ0) is 8.91. The van der Waals surface area contributed by atoms with E-state index in [1.165, 1.54) is 5.57 Å². The van der Waals surface area contributed by atoms with E-state index in [1.54, 1.807) is 0 Å². The summed E-state index contributed by atoms with van der Waals surface area (Å²) >= 11 is 0. The first-order valence-corrected chi connectivity index (χ1v) is 4.04. The molecule has 0 aliphatic rings. The van der Waals surface area contributed by atoms with Crippen LogP contribution in [-0.4, -0.2) is 0 Å².